The van der Waals surface area contributed by atoms with Crippen LogP contribution in [0.15, 0.2) is 0 Å². The maximum absolute atomic E-state index is 4.74. The number of ether oxygens (including phenoxy) is 1. The van der Waals surface area contributed by atoms with E-state index in [1.807, 2.05) is 0 Å². The predicted molar refractivity (Wildman–Crippen MR) is 39.8 cm³/mol. The SMILES string of the molecule is [CH2]OC(=S)NC1CCC1. The van der Waals surface area contributed by atoms with Crippen LogP contribution in [-0.2, 0) is 4.74 Å². The molecule has 51 valence electrons. The van der Waals surface area contributed by atoms with Gasteiger partial charge in [0.25, 0.3) is 5.17 Å². The van der Waals surface area contributed by atoms with Crippen LogP contribution in [0.3, 0.4) is 0 Å². The second kappa shape index (κ2) is 3.01. The van der Waals surface area contributed by atoms with E-state index in [1.54, 1.807) is 0 Å². The van der Waals surface area contributed by atoms with Gasteiger partial charge in [-0.2, -0.15) is 0 Å². The maximum Gasteiger partial charge on any atom is 0.256 e. The summed E-state index contributed by atoms with van der Waals surface area (Å²) in [4.78, 5) is 0. The lowest BCUT2D eigenvalue weighted by Gasteiger charge is -2.26. The Morgan fingerprint density at radius 3 is 2.67 bits per heavy atom. The highest BCUT2D eigenvalue weighted by atomic mass is 32.1. The van der Waals surface area contributed by atoms with Crippen LogP contribution in [0.4, 0.5) is 0 Å². The molecule has 1 saturated carbocycles. The second-order valence-electron chi connectivity index (χ2n) is 2.20. The molecule has 1 aliphatic rings. The minimum Gasteiger partial charge on any atom is -0.467 e. The first-order chi connectivity index (χ1) is 4.33. The Kier molecular flexibility index (Phi) is 2.28. The lowest BCUT2D eigenvalue weighted by molar-refractivity contribution is 0.350. The maximum atomic E-state index is 4.74. The summed E-state index contributed by atoms with van der Waals surface area (Å²) < 4.78 is 4.53. The molecule has 0 aliphatic heterocycles. The minimum atomic E-state index is 0.416. The van der Waals surface area contributed by atoms with Crippen LogP contribution in [0.2, 0.25) is 0 Å². The van der Waals surface area contributed by atoms with E-state index in [4.69, 9.17) is 12.2 Å². The topological polar surface area (TPSA) is 21.3 Å². The molecule has 0 bridgehead atoms. The Balaban J connectivity index is 2.09. The van der Waals surface area contributed by atoms with Gasteiger partial charge in [-0.05, 0) is 31.5 Å². The summed E-state index contributed by atoms with van der Waals surface area (Å²) in [6, 6.07) is 0.555. The van der Waals surface area contributed by atoms with Crippen molar-refractivity contribution in [2.24, 2.45) is 0 Å². The van der Waals surface area contributed by atoms with Crippen LogP contribution in [0.1, 0.15) is 19.3 Å². The van der Waals surface area contributed by atoms with Crippen molar-refractivity contribution in [2.75, 3.05) is 0 Å². The zero-order valence-electron chi connectivity index (χ0n) is 5.22. The van der Waals surface area contributed by atoms with Crippen LogP contribution in [0.25, 0.3) is 0 Å². The fourth-order valence-electron chi connectivity index (χ4n) is 0.761. The quantitative estimate of drug-likeness (QED) is 0.559. The Morgan fingerprint density at radius 2 is 2.33 bits per heavy atom. The molecular formula is C6H10NOS. The molecule has 1 fully saturated rings. The molecule has 1 aliphatic carbocycles. The normalized spacial score (nSPS) is 18.3. The smallest absolute Gasteiger partial charge is 0.256 e. The van der Waals surface area contributed by atoms with Gasteiger partial charge in [0.1, 0.15) is 7.11 Å². The summed E-state index contributed by atoms with van der Waals surface area (Å²) in [6.45, 7) is 0. The zero-order valence-corrected chi connectivity index (χ0v) is 6.04. The van der Waals surface area contributed by atoms with Crippen molar-refractivity contribution in [2.45, 2.75) is 25.3 Å². The van der Waals surface area contributed by atoms with E-state index in [0.29, 0.717) is 11.2 Å². The van der Waals surface area contributed by atoms with E-state index in [1.165, 1.54) is 19.3 Å². The van der Waals surface area contributed by atoms with Crippen molar-refractivity contribution in [3.8, 4) is 0 Å². The molecule has 1 radical (unpaired) electrons. The van der Waals surface area contributed by atoms with E-state index >= 15 is 0 Å². The summed E-state index contributed by atoms with van der Waals surface area (Å²) >= 11 is 4.74. The van der Waals surface area contributed by atoms with Gasteiger partial charge < -0.3 is 10.1 Å². The molecule has 1 N–H and O–H groups in total. The summed E-state index contributed by atoms with van der Waals surface area (Å²) in [5.74, 6) is 0. The van der Waals surface area contributed by atoms with E-state index in [0.717, 1.165) is 0 Å². The lowest BCUT2D eigenvalue weighted by Crippen LogP contribution is -2.38. The third kappa shape index (κ3) is 1.82. The van der Waals surface area contributed by atoms with E-state index < -0.39 is 0 Å². The predicted octanol–water partition coefficient (Wildman–Crippen LogP) is 1.22. The van der Waals surface area contributed by atoms with Gasteiger partial charge in [0.2, 0.25) is 0 Å². The number of rotatable bonds is 1. The van der Waals surface area contributed by atoms with Crippen LogP contribution in [-0.4, -0.2) is 11.2 Å². The first kappa shape index (κ1) is 6.81. The molecule has 0 spiro atoms. The summed E-state index contributed by atoms with van der Waals surface area (Å²) in [5, 5.41) is 3.43. The molecule has 0 saturated heterocycles. The molecule has 0 aromatic carbocycles. The Hall–Kier alpha value is -0.310. The van der Waals surface area contributed by atoms with Crippen molar-refractivity contribution in [1.29, 1.82) is 0 Å². The molecule has 3 heteroatoms. The van der Waals surface area contributed by atoms with Crippen LogP contribution in [0.5, 0.6) is 0 Å². The van der Waals surface area contributed by atoms with Gasteiger partial charge in [-0.25, -0.2) is 0 Å². The van der Waals surface area contributed by atoms with Crippen molar-refractivity contribution >= 4 is 17.4 Å². The third-order valence-corrected chi connectivity index (χ3v) is 1.79. The second-order valence-corrected chi connectivity index (χ2v) is 2.57. The van der Waals surface area contributed by atoms with E-state index in [2.05, 4.69) is 17.2 Å². The number of nitrogens with one attached hydrogen (secondary N) is 1. The molecule has 0 aromatic heterocycles. The minimum absolute atomic E-state index is 0.416. The van der Waals surface area contributed by atoms with Gasteiger partial charge in [-0.3, -0.25) is 0 Å². The Labute approximate surface area is 60.6 Å². The zero-order chi connectivity index (χ0) is 6.69. The molecule has 0 unspecified atom stereocenters. The summed E-state index contributed by atoms with van der Waals surface area (Å²) in [7, 11) is 3.19. The van der Waals surface area contributed by atoms with Crippen LogP contribution in [0, 0.1) is 7.11 Å². The monoisotopic (exact) mass is 144 g/mol. The van der Waals surface area contributed by atoms with Crippen molar-refractivity contribution in [3.05, 3.63) is 7.11 Å². The first-order valence-corrected chi connectivity index (χ1v) is 3.46. The van der Waals surface area contributed by atoms with E-state index in [-0.39, 0.29) is 0 Å². The molecular weight excluding hydrogens is 134 g/mol. The Morgan fingerprint density at radius 1 is 1.67 bits per heavy atom. The molecule has 0 aromatic rings. The van der Waals surface area contributed by atoms with Gasteiger partial charge in [-0.15, -0.1) is 0 Å². The van der Waals surface area contributed by atoms with Gasteiger partial charge in [0.05, 0.1) is 0 Å². The molecule has 0 amide bonds. The fraction of sp³-hybridized carbons (Fsp3) is 0.667. The number of hydrogen-bond donors (Lipinski definition) is 1. The van der Waals surface area contributed by atoms with Gasteiger partial charge >= 0.3 is 0 Å². The summed E-state index contributed by atoms with van der Waals surface area (Å²) in [5.41, 5.74) is 0. The average Bonchev–Trinajstić information content (AvgIpc) is 1.78. The highest BCUT2D eigenvalue weighted by molar-refractivity contribution is 7.80. The van der Waals surface area contributed by atoms with Crippen LogP contribution >= 0.6 is 12.2 Å². The average molecular weight is 144 g/mol. The number of thiocarbonyl (C=S) groups is 1. The summed E-state index contributed by atoms with van der Waals surface area (Å²) in [6.07, 6.45) is 3.73. The van der Waals surface area contributed by atoms with Gasteiger partial charge in [0.15, 0.2) is 0 Å². The molecule has 0 atom stereocenters. The molecule has 2 nitrogen and oxygen atoms in total. The molecule has 1 rings (SSSR count). The fourth-order valence-corrected chi connectivity index (χ4v) is 0.928. The lowest BCUT2D eigenvalue weighted by atomic mass is 9.93. The largest absolute Gasteiger partial charge is 0.467 e. The van der Waals surface area contributed by atoms with Crippen LogP contribution < -0.4 is 5.32 Å². The molecule has 9 heavy (non-hydrogen) atoms. The highest BCUT2D eigenvalue weighted by Gasteiger charge is 2.17. The van der Waals surface area contributed by atoms with Gasteiger partial charge in [-0.1, -0.05) is 0 Å². The third-order valence-electron chi connectivity index (χ3n) is 1.56. The van der Waals surface area contributed by atoms with Crippen molar-refractivity contribution in [3.63, 3.8) is 0 Å². The highest BCUT2D eigenvalue weighted by Crippen LogP contribution is 2.17. The molecule has 0 heterocycles. The standard InChI is InChI=1S/C6H10NOS/c1-8-6(9)7-5-3-2-4-5/h5H,1-4H2,(H,7,9). The van der Waals surface area contributed by atoms with E-state index in [9.17, 15) is 0 Å². The number of hydrogen-bond acceptors (Lipinski definition) is 2. The Bertz CT molecular complexity index is 112. The van der Waals surface area contributed by atoms with Crippen molar-refractivity contribution in [1.82, 2.24) is 5.32 Å². The van der Waals surface area contributed by atoms with Gasteiger partial charge in [0, 0.05) is 6.04 Å². The van der Waals surface area contributed by atoms with Crippen molar-refractivity contribution < 1.29 is 4.74 Å². The first-order valence-electron chi connectivity index (χ1n) is 3.05.